The van der Waals surface area contributed by atoms with E-state index in [2.05, 4.69) is 0 Å². The van der Waals surface area contributed by atoms with Gasteiger partial charge in [0.15, 0.2) is 6.10 Å². The van der Waals surface area contributed by atoms with Crippen LogP contribution in [0.4, 0.5) is 0 Å². The van der Waals surface area contributed by atoms with Crippen LogP contribution in [0.2, 0.25) is 0 Å². The van der Waals surface area contributed by atoms with Crippen LogP contribution in [0.15, 0.2) is 0 Å². The first kappa shape index (κ1) is 11.4. The summed E-state index contributed by atoms with van der Waals surface area (Å²) >= 11 is 0. The van der Waals surface area contributed by atoms with Crippen LogP contribution < -0.4 is 0 Å². The average molecular weight is 174 g/mol. The fraction of sp³-hybridized carbons (Fsp3) is 0.889. The zero-order chi connectivity index (χ0) is 9.94. The lowest BCUT2D eigenvalue weighted by Crippen LogP contribution is -2.41. The molecular formula is C9H18O3. The third-order valence-corrected chi connectivity index (χ3v) is 2.62. The molecule has 3 heteroatoms. The van der Waals surface area contributed by atoms with Crippen molar-refractivity contribution >= 4 is 5.97 Å². The molecule has 3 nitrogen and oxygen atoms in total. The Labute approximate surface area is 73.7 Å². The number of aliphatic carboxylic acids is 1. The van der Waals surface area contributed by atoms with Crippen LogP contribution in [0.5, 0.6) is 0 Å². The van der Waals surface area contributed by atoms with E-state index < -0.39 is 12.1 Å². The molecule has 0 aromatic carbocycles. The van der Waals surface area contributed by atoms with Gasteiger partial charge in [-0.3, -0.25) is 0 Å². The molecule has 0 rings (SSSR count). The lowest BCUT2D eigenvalue weighted by Gasteiger charge is -2.33. The Kier molecular flexibility index (Phi) is 3.71. The molecule has 0 spiro atoms. The van der Waals surface area contributed by atoms with Gasteiger partial charge in [0.2, 0.25) is 0 Å². The molecule has 0 aliphatic carbocycles. The van der Waals surface area contributed by atoms with E-state index in [0.29, 0.717) is 0 Å². The predicted octanol–water partition coefficient (Wildman–Crippen LogP) is 1.77. The predicted molar refractivity (Wildman–Crippen MR) is 47.1 cm³/mol. The molecule has 0 fully saturated rings. The van der Waals surface area contributed by atoms with Gasteiger partial charge in [-0.2, -0.15) is 0 Å². The third kappa shape index (κ3) is 2.21. The minimum atomic E-state index is -0.892. The van der Waals surface area contributed by atoms with E-state index in [-0.39, 0.29) is 11.3 Å². The van der Waals surface area contributed by atoms with Crippen molar-refractivity contribution < 1.29 is 14.6 Å². The first-order valence-electron chi connectivity index (χ1n) is 4.09. The molecule has 0 saturated heterocycles. The molecule has 0 amide bonds. The van der Waals surface area contributed by atoms with Crippen molar-refractivity contribution in [3.05, 3.63) is 0 Å². The van der Waals surface area contributed by atoms with E-state index in [1.807, 2.05) is 27.7 Å². The van der Waals surface area contributed by atoms with Crippen LogP contribution >= 0.6 is 0 Å². The maximum Gasteiger partial charge on any atom is 0.333 e. The first-order valence-corrected chi connectivity index (χ1v) is 4.09. The molecule has 0 aliphatic rings. The molecule has 12 heavy (non-hydrogen) atoms. The summed E-state index contributed by atoms with van der Waals surface area (Å²) in [6.07, 6.45) is -0.725. The minimum absolute atomic E-state index is 0.276. The fourth-order valence-corrected chi connectivity index (χ4v) is 1.03. The summed E-state index contributed by atoms with van der Waals surface area (Å²) in [5.74, 6) is -0.616. The monoisotopic (exact) mass is 174 g/mol. The minimum Gasteiger partial charge on any atom is -0.479 e. The van der Waals surface area contributed by atoms with Crippen LogP contribution in [0.3, 0.4) is 0 Å². The van der Waals surface area contributed by atoms with Gasteiger partial charge in [0, 0.05) is 12.5 Å². The van der Waals surface area contributed by atoms with E-state index in [1.165, 1.54) is 7.11 Å². The van der Waals surface area contributed by atoms with Crippen LogP contribution in [0.25, 0.3) is 0 Å². The van der Waals surface area contributed by atoms with Gasteiger partial charge in [-0.05, 0) is 5.92 Å². The molecule has 0 aromatic rings. The lowest BCUT2D eigenvalue weighted by atomic mass is 9.76. The molecule has 1 N–H and O–H groups in total. The summed E-state index contributed by atoms with van der Waals surface area (Å²) in [7, 11) is 1.43. The molecule has 0 aromatic heterocycles. The standard InChI is InChI=1S/C9H18O3/c1-6(2)9(3,4)7(12-5)8(10)11/h6-7H,1-5H3,(H,10,11). The molecule has 0 heterocycles. The van der Waals surface area contributed by atoms with Crippen molar-refractivity contribution in [1.82, 2.24) is 0 Å². The first-order chi connectivity index (χ1) is 5.34. The van der Waals surface area contributed by atoms with Crippen molar-refractivity contribution in [2.24, 2.45) is 11.3 Å². The largest absolute Gasteiger partial charge is 0.479 e. The normalized spacial score (nSPS) is 14.8. The maximum absolute atomic E-state index is 10.8. The van der Waals surface area contributed by atoms with Crippen LogP contribution in [0, 0.1) is 11.3 Å². The van der Waals surface area contributed by atoms with Gasteiger partial charge in [0.05, 0.1) is 0 Å². The lowest BCUT2D eigenvalue weighted by molar-refractivity contribution is -0.158. The number of hydrogen-bond acceptors (Lipinski definition) is 2. The molecule has 1 atom stereocenters. The molecule has 0 aliphatic heterocycles. The van der Waals surface area contributed by atoms with Crippen molar-refractivity contribution in [3.63, 3.8) is 0 Å². The van der Waals surface area contributed by atoms with Crippen molar-refractivity contribution in [2.75, 3.05) is 7.11 Å². The zero-order valence-corrected chi connectivity index (χ0v) is 8.42. The van der Waals surface area contributed by atoms with Gasteiger partial charge in [-0.1, -0.05) is 27.7 Å². The van der Waals surface area contributed by atoms with Crippen molar-refractivity contribution in [1.29, 1.82) is 0 Å². The van der Waals surface area contributed by atoms with Gasteiger partial charge in [-0.15, -0.1) is 0 Å². The highest BCUT2D eigenvalue weighted by atomic mass is 16.5. The summed E-state index contributed by atoms with van der Waals surface area (Å²) in [6.45, 7) is 7.80. The number of carboxylic acid groups (broad SMARTS) is 1. The topological polar surface area (TPSA) is 46.5 Å². The molecule has 0 bridgehead atoms. The summed E-state index contributed by atoms with van der Waals surface area (Å²) in [5, 5.41) is 8.83. The number of hydrogen-bond donors (Lipinski definition) is 1. The number of ether oxygens (including phenoxy) is 1. The number of methoxy groups -OCH3 is 1. The van der Waals surface area contributed by atoms with E-state index in [9.17, 15) is 4.79 Å². The Morgan fingerprint density at radius 3 is 1.92 bits per heavy atom. The number of carbonyl (C=O) groups is 1. The quantitative estimate of drug-likeness (QED) is 0.706. The highest BCUT2D eigenvalue weighted by Gasteiger charge is 2.37. The SMILES string of the molecule is COC(C(=O)O)C(C)(C)C(C)C. The molecular weight excluding hydrogens is 156 g/mol. The van der Waals surface area contributed by atoms with Gasteiger partial charge in [-0.25, -0.2) is 4.79 Å². The van der Waals surface area contributed by atoms with Crippen LogP contribution in [-0.4, -0.2) is 24.3 Å². The Morgan fingerprint density at radius 1 is 1.42 bits per heavy atom. The highest BCUT2D eigenvalue weighted by molar-refractivity contribution is 5.73. The third-order valence-electron chi connectivity index (χ3n) is 2.62. The number of carboxylic acids is 1. The summed E-state index contributed by atoms with van der Waals surface area (Å²) in [5.41, 5.74) is -0.333. The van der Waals surface area contributed by atoms with Crippen LogP contribution in [0.1, 0.15) is 27.7 Å². The Balaban J connectivity index is 4.59. The van der Waals surface area contributed by atoms with Crippen LogP contribution in [-0.2, 0) is 9.53 Å². The van der Waals surface area contributed by atoms with Gasteiger partial charge >= 0.3 is 5.97 Å². The van der Waals surface area contributed by atoms with E-state index in [0.717, 1.165) is 0 Å². The Hall–Kier alpha value is -0.570. The Morgan fingerprint density at radius 2 is 1.83 bits per heavy atom. The highest BCUT2D eigenvalue weighted by Crippen LogP contribution is 2.31. The van der Waals surface area contributed by atoms with Gasteiger partial charge in [0.1, 0.15) is 0 Å². The summed E-state index contributed by atoms with van der Waals surface area (Å²) < 4.78 is 4.94. The van der Waals surface area contributed by atoms with Gasteiger partial charge < -0.3 is 9.84 Å². The smallest absolute Gasteiger partial charge is 0.333 e. The molecule has 0 saturated carbocycles. The summed E-state index contributed by atoms with van der Waals surface area (Å²) in [4.78, 5) is 10.8. The van der Waals surface area contributed by atoms with E-state index in [1.54, 1.807) is 0 Å². The fourth-order valence-electron chi connectivity index (χ4n) is 1.03. The molecule has 72 valence electrons. The molecule has 0 radical (unpaired) electrons. The zero-order valence-electron chi connectivity index (χ0n) is 8.42. The van der Waals surface area contributed by atoms with E-state index >= 15 is 0 Å². The van der Waals surface area contributed by atoms with Crippen molar-refractivity contribution in [2.45, 2.75) is 33.8 Å². The number of rotatable bonds is 4. The summed E-state index contributed by atoms with van der Waals surface area (Å²) in [6, 6.07) is 0. The molecule has 1 unspecified atom stereocenters. The maximum atomic E-state index is 10.8. The second kappa shape index (κ2) is 3.90. The average Bonchev–Trinajstić information content (AvgIpc) is 1.86. The Bertz CT molecular complexity index is 161. The van der Waals surface area contributed by atoms with E-state index in [4.69, 9.17) is 9.84 Å². The van der Waals surface area contributed by atoms with Gasteiger partial charge in [0.25, 0.3) is 0 Å². The second-order valence-corrected chi connectivity index (χ2v) is 3.93. The second-order valence-electron chi connectivity index (χ2n) is 3.93. The van der Waals surface area contributed by atoms with Crippen molar-refractivity contribution in [3.8, 4) is 0 Å².